The van der Waals surface area contributed by atoms with Crippen molar-refractivity contribution < 1.29 is 75.6 Å². The standard InChI is InChI=1S/C10H18.C7H6O2.2Y/c1-8(2)10-6-4-9(3)5-7-10;1-5-2-6(8)4-7(9)3-5;;/h4,8,10H,5-7H2,1-3H3;4,8-9H,1H3;;/q;-2;;. The van der Waals surface area contributed by atoms with Gasteiger partial charge < -0.3 is 22.3 Å². The number of hydrogen-bond acceptors (Lipinski definition) is 2. The fourth-order valence-corrected chi connectivity index (χ4v) is 2.21. The number of aryl methyl sites for hydroxylation is 1. The van der Waals surface area contributed by atoms with Gasteiger partial charge in [0.1, 0.15) is 0 Å². The molecular weight excluding hydrogens is 414 g/mol. The van der Waals surface area contributed by atoms with Gasteiger partial charge in [0.05, 0.1) is 0 Å². The van der Waals surface area contributed by atoms with Crippen LogP contribution < -0.4 is 0 Å². The molecule has 0 spiro atoms. The summed E-state index contributed by atoms with van der Waals surface area (Å²) >= 11 is 0. The SMILES string of the molecule is CC1=CCC(C(C)C)CC1.Cc1[c-]c(O)cc(O)[c-]1.[Y].[Y]. The summed E-state index contributed by atoms with van der Waals surface area (Å²) in [4.78, 5) is 0. The summed E-state index contributed by atoms with van der Waals surface area (Å²) in [6.07, 6.45) is 6.49. The molecule has 21 heavy (non-hydrogen) atoms. The quantitative estimate of drug-likeness (QED) is 0.505. The molecule has 2 nitrogen and oxygen atoms in total. The summed E-state index contributed by atoms with van der Waals surface area (Å²) in [6, 6.07) is 6.29. The van der Waals surface area contributed by atoms with Gasteiger partial charge in [-0.25, -0.2) is 6.07 Å². The van der Waals surface area contributed by atoms with Crippen LogP contribution in [0, 0.1) is 30.9 Å². The van der Waals surface area contributed by atoms with Crippen molar-refractivity contribution in [2.45, 2.75) is 47.0 Å². The van der Waals surface area contributed by atoms with E-state index in [0.29, 0.717) is 5.56 Å². The van der Waals surface area contributed by atoms with Gasteiger partial charge in [-0.05, 0) is 38.0 Å². The molecule has 0 bridgehead atoms. The van der Waals surface area contributed by atoms with Crippen LogP contribution in [0.2, 0.25) is 0 Å². The van der Waals surface area contributed by atoms with Crippen molar-refractivity contribution in [1.29, 1.82) is 0 Å². The topological polar surface area (TPSA) is 40.5 Å². The normalized spacial score (nSPS) is 16.8. The molecule has 0 heterocycles. The maximum absolute atomic E-state index is 8.76. The third-order valence-corrected chi connectivity index (χ3v) is 3.53. The van der Waals surface area contributed by atoms with Gasteiger partial charge in [0.15, 0.2) is 0 Å². The zero-order chi connectivity index (χ0) is 14.4. The van der Waals surface area contributed by atoms with Gasteiger partial charge >= 0.3 is 0 Å². The molecule has 1 aliphatic carbocycles. The molecule has 2 radical (unpaired) electrons. The number of benzene rings is 1. The van der Waals surface area contributed by atoms with E-state index in [-0.39, 0.29) is 76.9 Å². The average Bonchev–Trinajstić information content (AvgIpc) is 2.28. The Hall–Kier alpha value is 0.768. The van der Waals surface area contributed by atoms with Crippen molar-refractivity contribution in [1.82, 2.24) is 0 Å². The van der Waals surface area contributed by atoms with Gasteiger partial charge in [-0.2, -0.15) is 0 Å². The molecule has 112 valence electrons. The molecule has 0 fully saturated rings. The number of hydrogen-bond donors (Lipinski definition) is 2. The zero-order valence-electron chi connectivity index (χ0n) is 13.5. The van der Waals surface area contributed by atoms with Crippen LogP contribution in [0.15, 0.2) is 17.7 Å². The van der Waals surface area contributed by atoms with Crippen LogP contribution in [0.5, 0.6) is 11.5 Å². The van der Waals surface area contributed by atoms with E-state index >= 15 is 0 Å². The van der Waals surface area contributed by atoms with Crippen molar-refractivity contribution in [3.05, 3.63) is 35.4 Å². The van der Waals surface area contributed by atoms with Crippen LogP contribution in [0.1, 0.15) is 45.6 Å². The molecule has 0 saturated carbocycles. The first-order valence-electron chi connectivity index (χ1n) is 6.88. The molecule has 1 aromatic rings. The Labute approximate surface area is 179 Å². The van der Waals surface area contributed by atoms with E-state index in [2.05, 4.69) is 39.0 Å². The van der Waals surface area contributed by atoms with Gasteiger partial charge in [0, 0.05) is 65.4 Å². The van der Waals surface area contributed by atoms with Crippen LogP contribution in [0.3, 0.4) is 0 Å². The van der Waals surface area contributed by atoms with E-state index in [9.17, 15) is 0 Å². The summed E-state index contributed by atoms with van der Waals surface area (Å²) in [5, 5.41) is 17.5. The molecule has 4 heteroatoms. The minimum absolute atomic E-state index is 0. The summed E-state index contributed by atoms with van der Waals surface area (Å²) in [5.41, 5.74) is 2.20. The largest absolute Gasteiger partial charge is 0.557 e. The molecule has 1 aliphatic rings. The van der Waals surface area contributed by atoms with E-state index < -0.39 is 0 Å². The Morgan fingerprint density at radius 2 is 1.62 bits per heavy atom. The molecule has 1 aromatic carbocycles. The second-order valence-corrected chi connectivity index (χ2v) is 5.62. The monoisotopic (exact) mass is 438 g/mol. The van der Waals surface area contributed by atoms with Crippen LogP contribution in [0.4, 0.5) is 0 Å². The molecule has 0 aliphatic heterocycles. The number of rotatable bonds is 1. The summed E-state index contributed by atoms with van der Waals surface area (Å²) in [5.74, 6) is 1.74. The molecule has 2 N–H and O–H groups in total. The fourth-order valence-electron chi connectivity index (χ4n) is 2.21. The predicted molar refractivity (Wildman–Crippen MR) is 78.1 cm³/mol. The van der Waals surface area contributed by atoms with Gasteiger partial charge in [0.2, 0.25) is 0 Å². The smallest absolute Gasteiger partial charge is 0 e. The summed E-state index contributed by atoms with van der Waals surface area (Å²) in [6.45, 7) is 8.61. The van der Waals surface area contributed by atoms with Crippen LogP contribution in [-0.4, -0.2) is 10.2 Å². The first-order chi connectivity index (χ1) is 8.88. The first-order valence-corrected chi connectivity index (χ1v) is 6.88. The Morgan fingerprint density at radius 1 is 1.10 bits per heavy atom. The Balaban J connectivity index is 0. The third-order valence-electron chi connectivity index (χ3n) is 3.53. The van der Waals surface area contributed by atoms with Crippen LogP contribution in [-0.2, 0) is 65.4 Å². The van der Waals surface area contributed by atoms with Gasteiger partial charge in [0.25, 0.3) is 0 Å². The molecule has 2 rings (SSSR count). The summed E-state index contributed by atoms with van der Waals surface area (Å²) in [7, 11) is 0. The maximum atomic E-state index is 8.76. The first kappa shape index (κ1) is 24.0. The van der Waals surface area contributed by atoms with Gasteiger partial charge in [-0.1, -0.05) is 32.4 Å². The van der Waals surface area contributed by atoms with Gasteiger partial charge in [-0.3, -0.25) is 5.56 Å². The molecule has 0 aromatic heterocycles. The molecule has 0 amide bonds. The van der Waals surface area contributed by atoms with E-state index in [1.807, 2.05) is 0 Å². The van der Waals surface area contributed by atoms with Crippen molar-refractivity contribution in [3.8, 4) is 11.5 Å². The maximum Gasteiger partial charge on any atom is 0 e. The zero-order valence-corrected chi connectivity index (χ0v) is 19.2. The Bertz CT molecular complexity index is 392. The second kappa shape index (κ2) is 12.2. The number of aromatic hydroxyl groups is 2. The van der Waals surface area contributed by atoms with Crippen molar-refractivity contribution >= 4 is 0 Å². The number of phenols is 2. The number of phenolic OH excluding ortho intramolecular Hbond substituents is 2. The molecule has 0 saturated heterocycles. The minimum atomic E-state index is -0.0521. The second-order valence-electron chi connectivity index (χ2n) is 5.62. The van der Waals surface area contributed by atoms with Crippen LogP contribution in [0.25, 0.3) is 0 Å². The third kappa shape index (κ3) is 10.2. The van der Waals surface area contributed by atoms with E-state index in [1.165, 1.54) is 25.3 Å². The molecule has 1 atom stereocenters. The molecular formula is C17H24O2Y2-2. The molecule has 1 unspecified atom stereocenters. The average molecular weight is 438 g/mol. The number of allylic oxidation sites excluding steroid dienone is 2. The summed E-state index contributed by atoms with van der Waals surface area (Å²) < 4.78 is 0. The fraction of sp³-hybridized carbons (Fsp3) is 0.529. The van der Waals surface area contributed by atoms with E-state index in [0.717, 1.165) is 11.8 Å². The Morgan fingerprint density at radius 3 is 1.95 bits per heavy atom. The van der Waals surface area contributed by atoms with E-state index in [4.69, 9.17) is 10.2 Å². The van der Waals surface area contributed by atoms with E-state index in [1.54, 1.807) is 12.5 Å². The Kier molecular flexibility index (Phi) is 14.0. The van der Waals surface area contributed by atoms with Crippen molar-refractivity contribution in [2.75, 3.05) is 0 Å². The van der Waals surface area contributed by atoms with Crippen molar-refractivity contribution in [3.63, 3.8) is 0 Å². The minimum Gasteiger partial charge on any atom is -0.557 e. The van der Waals surface area contributed by atoms with Gasteiger partial charge in [-0.15, -0.1) is 11.5 Å². The van der Waals surface area contributed by atoms with Crippen molar-refractivity contribution in [2.24, 2.45) is 11.8 Å². The predicted octanol–water partition coefficient (Wildman–Crippen LogP) is 4.39. The van der Waals surface area contributed by atoms with Crippen LogP contribution >= 0.6 is 0 Å².